The molecule has 0 radical (unpaired) electrons. The topological polar surface area (TPSA) is 38.7 Å². The third-order valence-corrected chi connectivity index (χ3v) is 7.62. The van der Waals surface area contributed by atoms with E-state index in [2.05, 4.69) is 14.1 Å². The maximum Gasteiger partial charge on any atom is 0.125 e. The van der Waals surface area contributed by atoms with Gasteiger partial charge >= 0.3 is 0 Å². The zero-order valence-corrected chi connectivity index (χ0v) is 20.1. The molecular weight excluding hydrogens is 442 g/mol. The monoisotopic (exact) mass is 475 g/mol. The van der Waals surface area contributed by atoms with E-state index in [1.165, 1.54) is 12.8 Å². The Kier molecular flexibility index (Phi) is 6.85. The van der Waals surface area contributed by atoms with Gasteiger partial charge in [0, 0.05) is 36.8 Å². The Labute approximate surface area is 191 Å². The van der Waals surface area contributed by atoms with Crippen LogP contribution in [0.15, 0.2) is 48.5 Å². The number of rotatable bonds is 6. The maximum atomic E-state index is 12.3. The summed E-state index contributed by atoms with van der Waals surface area (Å²) in [7, 11) is 8.10. The molecule has 4 rings (SSSR count). The van der Waals surface area contributed by atoms with Gasteiger partial charge in [0.2, 0.25) is 0 Å². The van der Waals surface area contributed by atoms with Crippen molar-refractivity contribution in [2.24, 2.45) is 5.92 Å². The summed E-state index contributed by atoms with van der Waals surface area (Å²) in [5.41, 5.74) is 0.481. The van der Waals surface area contributed by atoms with Crippen LogP contribution in [0, 0.1) is 5.92 Å². The van der Waals surface area contributed by atoms with E-state index in [4.69, 9.17) is 9.47 Å². The molecule has 2 bridgehead atoms. The molecule has 2 heterocycles. The predicted octanol–water partition coefficient (Wildman–Crippen LogP) is 1.35. The van der Waals surface area contributed by atoms with E-state index in [1.54, 1.807) is 14.2 Å². The molecule has 164 valence electrons. The second kappa shape index (κ2) is 8.89. The van der Waals surface area contributed by atoms with E-state index in [-0.39, 0.29) is 17.0 Å². The molecule has 5 heteroatoms. The Balaban J connectivity index is 0.00000256. The van der Waals surface area contributed by atoms with Gasteiger partial charge in [0.1, 0.15) is 17.1 Å². The van der Waals surface area contributed by atoms with Crippen molar-refractivity contribution in [3.63, 3.8) is 0 Å². The molecule has 2 fully saturated rings. The first-order valence-corrected chi connectivity index (χ1v) is 10.7. The third kappa shape index (κ3) is 3.88. The molecule has 30 heavy (non-hydrogen) atoms. The number of aliphatic hydroxyl groups is 1. The molecule has 1 unspecified atom stereocenters. The number of benzene rings is 2. The van der Waals surface area contributed by atoms with Crippen molar-refractivity contribution >= 4 is 0 Å². The van der Waals surface area contributed by atoms with E-state index in [1.807, 2.05) is 48.5 Å². The molecule has 2 aromatic rings. The summed E-state index contributed by atoms with van der Waals surface area (Å²) in [5.74, 6) is 1.91. The van der Waals surface area contributed by atoms with Crippen LogP contribution in [0.1, 0.15) is 43.2 Å². The van der Waals surface area contributed by atoms with Crippen LogP contribution in [0.4, 0.5) is 0 Å². The molecule has 2 aromatic carbocycles. The number of nitrogens with zero attached hydrogens (tertiary/aromatic N) is 1. The van der Waals surface area contributed by atoms with Gasteiger partial charge in [0.05, 0.1) is 40.4 Å². The molecule has 4 nitrogen and oxygen atoms in total. The first kappa shape index (κ1) is 23.1. The van der Waals surface area contributed by atoms with Crippen LogP contribution in [0.25, 0.3) is 0 Å². The highest BCUT2D eigenvalue weighted by atomic mass is 79.9. The lowest BCUT2D eigenvalue weighted by atomic mass is 9.74. The molecule has 0 spiro atoms. The van der Waals surface area contributed by atoms with Gasteiger partial charge in [-0.25, -0.2) is 0 Å². The minimum absolute atomic E-state index is 0. The van der Waals surface area contributed by atoms with Crippen LogP contribution in [0.5, 0.6) is 11.5 Å². The average molecular weight is 476 g/mol. The Hall–Kier alpha value is -1.56. The number of hydrogen-bond donors (Lipinski definition) is 1. The molecule has 0 aromatic heterocycles. The second-order valence-electron chi connectivity index (χ2n) is 9.32. The molecule has 2 aliphatic rings. The number of ether oxygens (including phenoxy) is 2. The molecule has 1 N–H and O–H groups in total. The van der Waals surface area contributed by atoms with Gasteiger partial charge < -0.3 is 36.0 Å². The predicted molar refractivity (Wildman–Crippen MR) is 115 cm³/mol. The van der Waals surface area contributed by atoms with Crippen molar-refractivity contribution in [1.82, 2.24) is 0 Å². The van der Waals surface area contributed by atoms with E-state index < -0.39 is 5.60 Å². The van der Waals surface area contributed by atoms with E-state index in [9.17, 15) is 5.11 Å². The lowest BCUT2D eigenvalue weighted by Crippen LogP contribution is -3.00. The molecular formula is C25H34BrNO3. The Morgan fingerprint density at radius 3 is 1.73 bits per heavy atom. The van der Waals surface area contributed by atoms with Gasteiger partial charge in [-0.15, -0.1) is 0 Å². The first-order valence-electron chi connectivity index (χ1n) is 10.7. The molecule has 2 aliphatic heterocycles. The number of hydrogen-bond acceptors (Lipinski definition) is 3. The second-order valence-corrected chi connectivity index (χ2v) is 9.32. The zero-order valence-electron chi connectivity index (χ0n) is 18.5. The third-order valence-electron chi connectivity index (χ3n) is 7.62. The molecule has 0 amide bonds. The van der Waals surface area contributed by atoms with Gasteiger partial charge in [-0.05, 0) is 24.5 Å². The van der Waals surface area contributed by atoms with Crippen molar-refractivity contribution < 1.29 is 36.0 Å². The lowest BCUT2D eigenvalue weighted by Gasteiger charge is -2.46. The Morgan fingerprint density at radius 1 is 0.867 bits per heavy atom. The van der Waals surface area contributed by atoms with Crippen LogP contribution in [0.3, 0.4) is 0 Å². The summed E-state index contributed by atoms with van der Waals surface area (Å²) >= 11 is 0. The van der Waals surface area contributed by atoms with Crippen molar-refractivity contribution in [3.8, 4) is 11.5 Å². The Bertz CT molecular complexity index is 805. The molecule has 0 saturated carbocycles. The molecule has 2 saturated heterocycles. The SMILES string of the molecule is COc1ccccc1C(O)(CC1C[C@H]2CC[C@@H](C1)[N+]2(C)C)c1ccccc1OC.[Br-]. The standard InChI is InChI=1S/C25H34NO3.BrH/c1-26(2)19-13-14-20(26)16-18(15-19)17-25(27,21-9-5-7-11-23(21)28-3)22-10-6-8-12-24(22)29-4;/h5-12,18-20,27H,13-17H2,1-4H3;1H/q+1;/p-1/t18?,19-,20+;. The van der Waals surface area contributed by atoms with Crippen LogP contribution in [0.2, 0.25) is 0 Å². The highest BCUT2D eigenvalue weighted by molar-refractivity contribution is 5.49. The molecule has 3 atom stereocenters. The summed E-state index contributed by atoms with van der Waals surface area (Å²) in [4.78, 5) is 0. The number of methoxy groups -OCH3 is 2. The quantitative estimate of drug-likeness (QED) is 0.640. The average Bonchev–Trinajstić information content (AvgIpc) is 2.89. The van der Waals surface area contributed by atoms with Gasteiger partial charge in [0.15, 0.2) is 0 Å². The summed E-state index contributed by atoms with van der Waals surface area (Å²) < 4.78 is 12.5. The van der Waals surface area contributed by atoms with Crippen molar-refractivity contribution in [2.75, 3.05) is 28.3 Å². The van der Waals surface area contributed by atoms with Crippen LogP contribution < -0.4 is 26.5 Å². The minimum atomic E-state index is -1.15. The van der Waals surface area contributed by atoms with Crippen LogP contribution in [-0.2, 0) is 5.60 Å². The summed E-state index contributed by atoms with van der Waals surface area (Å²) in [6.45, 7) is 0. The minimum Gasteiger partial charge on any atom is -1.00 e. The van der Waals surface area contributed by atoms with E-state index >= 15 is 0 Å². The first-order chi connectivity index (χ1) is 13.9. The summed E-state index contributed by atoms with van der Waals surface area (Å²) in [6, 6.07) is 17.1. The van der Waals surface area contributed by atoms with Crippen molar-refractivity contribution in [1.29, 1.82) is 0 Å². The number of quaternary nitrogens is 1. The highest BCUT2D eigenvalue weighted by Crippen LogP contribution is 2.49. The van der Waals surface area contributed by atoms with Crippen LogP contribution >= 0.6 is 0 Å². The fraction of sp³-hybridized carbons (Fsp3) is 0.520. The number of fused-ring (bicyclic) bond motifs is 2. The fourth-order valence-corrected chi connectivity index (χ4v) is 5.92. The number of para-hydroxylation sites is 2. The fourth-order valence-electron chi connectivity index (χ4n) is 5.92. The maximum absolute atomic E-state index is 12.3. The van der Waals surface area contributed by atoms with E-state index in [0.29, 0.717) is 24.4 Å². The smallest absolute Gasteiger partial charge is 0.125 e. The van der Waals surface area contributed by atoms with Crippen molar-refractivity contribution in [2.45, 2.75) is 49.8 Å². The van der Waals surface area contributed by atoms with Gasteiger partial charge in [-0.3, -0.25) is 0 Å². The van der Waals surface area contributed by atoms with E-state index in [0.717, 1.165) is 40.0 Å². The summed E-state index contributed by atoms with van der Waals surface area (Å²) in [6.07, 6.45) is 5.61. The summed E-state index contributed by atoms with van der Waals surface area (Å²) in [5, 5.41) is 12.3. The zero-order chi connectivity index (χ0) is 20.6. The normalized spacial score (nSPS) is 24.8. The van der Waals surface area contributed by atoms with Gasteiger partial charge in [-0.2, -0.15) is 0 Å². The number of piperidine rings is 1. The van der Waals surface area contributed by atoms with Crippen LogP contribution in [-0.4, -0.2) is 50.0 Å². The highest BCUT2D eigenvalue weighted by Gasteiger charge is 2.51. The largest absolute Gasteiger partial charge is 1.00 e. The number of halogens is 1. The Morgan fingerprint density at radius 2 is 1.30 bits per heavy atom. The lowest BCUT2D eigenvalue weighted by molar-refractivity contribution is -0.931. The van der Waals surface area contributed by atoms with Gasteiger partial charge in [-0.1, -0.05) is 36.4 Å². The van der Waals surface area contributed by atoms with Gasteiger partial charge in [0.25, 0.3) is 0 Å². The van der Waals surface area contributed by atoms with Crippen molar-refractivity contribution in [3.05, 3.63) is 59.7 Å². The molecule has 0 aliphatic carbocycles.